The molecule has 3 rings (SSSR count). The van der Waals surface area contributed by atoms with Gasteiger partial charge < -0.3 is 19.5 Å². The van der Waals surface area contributed by atoms with Crippen LogP contribution in [-0.2, 0) is 4.74 Å². The number of nitrogens with zero attached hydrogens (tertiary/aromatic N) is 1. The van der Waals surface area contributed by atoms with Crippen LogP contribution >= 0.6 is 0 Å². The fourth-order valence-electron chi connectivity index (χ4n) is 4.49. The lowest BCUT2D eigenvalue weighted by molar-refractivity contribution is -0.118. The molecule has 1 aromatic rings. The third-order valence-corrected chi connectivity index (χ3v) is 5.61. The Hall–Kier alpha value is -1.75. The molecule has 138 valence electrons. The van der Waals surface area contributed by atoms with Crippen LogP contribution in [0.5, 0.6) is 5.75 Å². The number of piperidine rings is 1. The molecule has 0 bridgehead atoms. The van der Waals surface area contributed by atoms with Gasteiger partial charge in [-0.05, 0) is 39.2 Å². The molecule has 25 heavy (non-hydrogen) atoms. The van der Waals surface area contributed by atoms with Crippen molar-refractivity contribution in [1.82, 2.24) is 4.90 Å². The predicted molar refractivity (Wildman–Crippen MR) is 95.6 cm³/mol. The van der Waals surface area contributed by atoms with Crippen LogP contribution < -0.4 is 4.74 Å². The van der Waals surface area contributed by atoms with Crippen molar-refractivity contribution in [2.75, 3.05) is 19.8 Å². The van der Waals surface area contributed by atoms with E-state index in [0.29, 0.717) is 26.2 Å². The highest BCUT2D eigenvalue weighted by molar-refractivity contribution is 5.69. The first-order chi connectivity index (χ1) is 12.1. The minimum atomic E-state index is -0.703. The van der Waals surface area contributed by atoms with Crippen LogP contribution in [-0.4, -0.2) is 41.5 Å². The summed E-state index contributed by atoms with van der Waals surface area (Å²) in [5, 5.41) is 11.3. The van der Waals surface area contributed by atoms with Gasteiger partial charge >= 0.3 is 6.09 Å². The topological polar surface area (TPSA) is 59.0 Å². The zero-order chi connectivity index (χ0) is 17.9. The third kappa shape index (κ3) is 3.47. The lowest BCUT2D eigenvalue weighted by Gasteiger charge is -2.52. The number of para-hydroxylation sites is 1. The fraction of sp³-hybridized carbons (Fsp3) is 0.650. The lowest BCUT2D eigenvalue weighted by atomic mass is 9.66. The van der Waals surface area contributed by atoms with E-state index in [1.807, 2.05) is 38.1 Å². The minimum Gasteiger partial charge on any atom is -0.494 e. The molecule has 0 spiro atoms. The standard InChI is InChI=1S/C20H29NO4/c1-3-24-17-11-6-5-9-15(17)18-16-10-7-8-12-20(16,23)13-14-21(18)19(22)25-4-2/h5-6,9,11,16,18,23H,3-4,7-8,10,12-14H2,1-2H3. The highest BCUT2D eigenvalue weighted by Crippen LogP contribution is 2.50. The summed E-state index contributed by atoms with van der Waals surface area (Å²) < 4.78 is 11.1. The summed E-state index contributed by atoms with van der Waals surface area (Å²) in [5.74, 6) is 0.806. The summed E-state index contributed by atoms with van der Waals surface area (Å²) in [6.07, 6.45) is 4.16. The van der Waals surface area contributed by atoms with Crippen molar-refractivity contribution in [2.45, 2.75) is 57.6 Å². The highest BCUT2D eigenvalue weighted by atomic mass is 16.6. The van der Waals surface area contributed by atoms with Crippen molar-refractivity contribution in [1.29, 1.82) is 0 Å². The molecule has 2 aliphatic rings. The van der Waals surface area contributed by atoms with Crippen LogP contribution in [0.15, 0.2) is 24.3 Å². The summed E-state index contributed by atoms with van der Waals surface area (Å²) in [6.45, 7) is 5.21. The van der Waals surface area contributed by atoms with Crippen LogP contribution in [0, 0.1) is 5.92 Å². The molecule has 0 aromatic heterocycles. The van der Waals surface area contributed by atoms with Gasteiger partial charge in [0.25, 0.3) is 0 Å². The van der Waals surface area contributed by atoms with Crippen molar-refractivity contribution < 1.29 is 19.4 Å². The van der Waals surface area contributed by atoms with E-state index in [1.165, 1.54) is 0 Å². The van der Waals surface area contributed by atoms with E-state index in [-0.39, 0.29) is 18.1 Å². The molecule has 1 heterocycles. The van der Waals surface area contributed by atoms with Crippen molar-refractivity contribution >= 4 is 6.09 Å². The van der Waals surface area contributed by atoms with Crippen LogP contribution in [0.25, 0.3) is 0 Å². The van der Waals surface area contributed by atoms with Gasteiger partial charge in [-0.25, -0.2) is 4.79 Å². The zero-order valence-corrected chi connectivity index (χ0v) is 15.2. The van der Waals surface area contributed by atoms with Gasteiger partial charge in [0, 0.05) is 18.0 Å². The van der Waals surface area contributed by atoms with Gasteiger partial charge in [0.1, 0.15) is 5.75 Å². The van der Waals surface area contributed by atoms with Gasteiger partial charge in [-0.2, -0.15) is 0 Å². The first-order valence-corrected chi connectivity index (χ1v) is 9.48. The van der Waals surface area contributed by atoms with Crippen molar-refractivity contribution in [3.05, 3.63) is 29.8 Å². The molecule has 5 heteroatoms. The molecule has 3 atom stereocenters. The normalized spacial score (nSPS) is 29.0. The SMILES string of the molecule is CCOC(=O)N1CCC2(O)CCCCC2C1c1ccccc1OCC. The average Bonchev–Trinajstić information content (AvgIpc) is 2.61. The number of hydrogen-bond acceptors (Lipinski definition) is 4. The summed E-state index contributed by atoms with van der Waals surface area (Å²) >= 11 is 0. The molecule has 1 aromatic carbocycles. The Labute approximate surface area is 149 Å². The van der Waals surface area contributed by atoms with Crippen LogP contribution in [0.3, 0.4) is 0 Å². The van der Waals surface area contributed by atoms with Gasteiger partial charge in [-0.3, -0.25) is 0 Å². The Balaban J connectivity index is 2.02. The first-order valence-electron chi connectivity index (χ1n) is 9.48. The Morgan fingerprint density at radius 1 is 1.24 bits per heavy atom. The minimum absolute atomic E-state index is 0.0148. The van der Waals surface area contributed by atoms with E-state index >= 15 is 0 Å². The number of amides is 1. The Bertz CT molecular complexity index is 605. The highest BCUT2D eigenvalue weighted by Gasteiger charge is 2.51. The molecular formula is C20H29NO4. The Morgan fingerprint density at radius 3 is 2.80 bits per heavy atom. The van der Waals surface area contributed by atoms with E-state index in [0.717, 1.165) is 37.0 Å². The Kier molecular flexibility index (Phi) is 5.52. The second kappa shape index (κ2) is 7.65. The maximum Gasteiger partial charge on any atom is 0.410 e. The van der Waals surface area contributed by atoms with Crippen molar-refractivity contribution in [3.8, 4) is 5.75 Å². The zero-order valence-electron chi connectivity index (χ0n) is 15.2. The van der Waals surface area contributed by atoms with E-state index in [9.17, 15) is 9.90 Å². The summed E-state index contributed by atoms with van der Waals surface area (Å²) in [6, 6.07) is 7.67. The Morgan fingerprint density at radius 2 is 2.04 bits per heavy atom. The summed E-state index contributed by atoms with van der Waals surface area (Å²) in [5.41, 5.74) is 0.271. The van der Waals surface area contributed by atoms with Crippen LogP contribution in [0.1, 0.15) is 57.6 Å². The monoisotopic (exact) mass is 347 g/mol. The van der Waals surface area contributed by atoms with Crippen molar-refractivity contribution in [2.24, 2.45) is 5.92 Å². The predicted octanol–water partition coefficient (Wildman–Crippen LogP) is 3.91. The molecule has 3 unspecified atom stereocenters. The number of hydrogen-bond donors (Lipinski definition) is 1. The number of fused-ring (bicyclic) bond motifs is 1. The molecule has 0 radical (unpaired) electrons. The maximum absolute atomic E-state index is 12.6. The van der Waals surface area contributed by atoms with E-state index in [1.54, 1.807) is 4.90 Å². The van der Waals surface area contributed by atoms with E-state index in [4.69, 9.17) is 9.47 Å². The number of ether oxygens (including phenoxy) is 2. The smallest absolute Gasteiger partial charge is 0.410 e. The number of carbonyl (C=O) groups is 1. The van der Waals surface area contributed by atoms with Gasteiger partial charge in [0.15, 0.2) is 0 Å². The number of benzene rings is 1. The van der Waals surface area contributed by atoms with E-state index in [2.05, 4.69) is 0 Å². The molecule has 1 amide bonds. The molecule has 2 fully saturated rings. The quantitative estimate of drug-likeness (QED) is 0.897. The third-order valence-electron chi connectivity index (χ3n) is 5.61. The van der Waals surface area contributed by atoms with Gasteiger partial charge in [-0.1, -0.05) is 31.0 Å². The number of aliphatic hydroxyl groups is 1. The largest absolute Gasteiger partial charge is 0.494 e. The number of likely N-dealkylation sites (tertiary alicyclic amines) is 1. The molecule has 5 nitrogen and oxygen atoms in total. The first kappa shape index (κ1) is 18.1. The summed E-state index contributed by atoms with van der Waals surface area (Å²) in [4.78, 5) is 14.4. The fourth-order valence-corrected chi connectivity index (χ4v) is 4.49. The second-order valence-electron chi connectivity index (χ2n) is 7.01. The molecule has 1 saturated carbocycles. The summed E-state index contributed by atoms with van der Waals surface area (Å²) in [7, 11) is 0. The van der Waals surface area contributed by atoms with Gasteiger partial charge in [0.05, 0.1) is 24.9 Å². The van der Waals surface area contributed by atoms with Gasteiger partial charge in [-0.15, -0.1) is 0 Å². The molecular weight excluding hydrogens is 318 g/mol. The van der Waals surface area contributed by atoms with Crippen molar-refractivity contribution in [3.63, 3.8) is 0 Å². The molecule has 1 N–H and O–H groups in total. The molecule has 1 saturated heterocycles. The lowest BCUT2D eigenvalue weighted by Crippen LogP contribution is -2.56. The van der Waals surface area contributed by atoms with E-state index < -0.39 is 5.60 Å². The maximum atomic E-state index is 12.6. The number of rotatable bonds is 4. The van der Waals surface area contributed by atoms with Crippen LogP contribution in [0.4, 0.5) is 4.79 Å². The molecule has 1 aliphatic carbocycles. The second-order valence-corrected chi connectivity index (χ2v) is 7.01. The average molecular weight is 347 g/mol. The van der Waals surface area contributed by atoms with Gasteiger partial charge in [0.2, 0.25) is 0 Å². The van der Waals surface area contributed by atoms with Crippen LogP contribution in [0.2, 0.25) is 0 Å². The molecule has 1 aliphatic heterocycles. The number of carbonyl (C=O) groups excluding carboxylic acids is 1.